The fraction of sp³-hybridized carbons (Fsp3) is 0.562. The first kappa shape index (κ1) is 14.4. The van der Waals surface area contributed by atoms with Crippen LogP contribution in [0, 0.1) is 0 Å². The van der Waals surface area contributed by atoms with Crippen molar-refractivity contribution < 1.29 is 4.79 Å². The van der Waals surface area contributed by atoms with E-state index in [9.17, 15) is 4.79 Å². The van der Waals surface area contributed by atoms with Crippen molar-refractivity contribution in [3.05, 3.63) is 24.3 Å². The zero-order valence-corrected chi connectivity index (χ0v) is 12.6. The van der Waals surface area contributed by atoms with Crippen LogP contribution in [0.2, 0.25) is 0 Å². The van der Waals surface area contributed by atoms with Gasteiger partial charge in [0.25, 0.3) is 0 Å². The summed E-state index contributed by atoms with van der Waals surface area (Å²) in [5.41, 5.74) is 7.16. The Morgan fingerprint density at radius 2 is 1.81 bits per heavy atom. The Morgan fingerprint density at radius 1 is 1.19 bits per heavy atom. The van der Waals surface area contributed by atoms with Crippen molar-refractivity contribution in [3.63, 3.8) is 0 Å². The summed E-state index contributed by atoms with van der Waals surface area (Å²) >= 11 is 0. The summed E-state index contributed by atoms with van der Waals surface area (Å²) in [6.07, 6.45) is 2.71. The second-order valence-corrected chi connectivity index (χ2v) is 6.09. The summed E-state index contributed by atoms with van der Waals surface area (Å²) in [5, 5.41) is 2.96. The maximum absolute atomic E-state index is 12.3. The van der Waals surface area contributed by atoms with Crippen LogP contribution in [0.4, 0.5) is 11.4 Å². The van der Waals surface area contributed by atoms with Gasteiger partial charge in [0.15, 0.2) is 0 Å². The third-order valence-corrected chi connectivity index (χ3v) is 4.52. The Labute approximate surface area is 126 Å². The first-order chi connectivity index (χ1) is 10.1. The molecule has 1 aromatic rings. The van der Waals surface area contributed by atoms with Gasteiger partial charge in [-0.3, -0.25) is 14.6 Å². The molecule has 1 unspecified atom stereocenters. The van der Waals surface area contributed by atoms with Crippen molar-refractivity contribution in [2.45, 2.75) is 31.8 Å². The second kappa shape index (κ2) is 6.03. The van der Waals surface area contributed by atoms with Crippen LogP contribution in [0.5, 0.6) is 0 Å². The third-order valence-electron chi connectivity index (χ3n) is 4.52. The molecule has 1 aromatic carbocycles. The van der Waals surface area contributed by atoms with Crippen LogP contribution in [0.25, 0.3) is 0 Å². The van der Waals surface area contributed by atoms with E-state index in [2.05, 4.69) is 15.1 Å². The highest BCUT2D eigenvalue weighted by Gasteiger charge is 2.33. The highest BCUT2D eigenvalue weighted by atomic mass is 16.2. The van der Waals surface area contributed by atoms with Crippen molar-refractivity contribution in [1.82, 2.24) is 9.80 Å². The predicted molar refractivity (Wildman–Crippen MR) is 85.1 cm³/mol. The van der Waals surface area contributed by atoms with E-state index >= 15 is 0 Å². The molecule has 5 nitrogen and oxygen atoms in total. The van der Waals surface area contributed by atoms with E-state index in [1.807, 2.05) is 19.1 Å². The number of nitrogen functional groups attached to an aromatic ring is 1. The maximum atomic E-state index is 12.3. The van der Waals surface area contributed by atoms with Crippen LogP contribution in [0.1, 0.15) is 19.8 Å². The Kier molecular flexibility index (Phi) is 4.12. The number of hydrogen-bond acceptors (Lipinski definition) is 4. The molecule has 114 valence electrons. The average molecular weight is 288 g/mol. The molecule has 21 heavy (non-hydrogen) atoms. The molecular weight excluding hydrogens is 264 g/mol. The summed E-state index contributed by atoms with van der Waals surface area (Å²) in [6, 6.07) is 8.01. The maximum Gasteiger partial charge on any atom is 0.241 e. The Balaban J connectivity index is 1.51. The molecule has 1 aliphatic carbocycles. The summed E-state index contributed by atoms with van der Waals surface area (Å²) in [5.74, 6) is 0.0552. The molecule has 1 atom stereocenters. The molecule has 1 saturated carbocycles. The van der Waals surface area contributed by atoms with Gasteiger partial charge in [0.05, 0.1) is 6.04 Å². The molecule has 2 fully saturated rings. The van der Waals surface area contributed by atoms with Crippen molar-refractivity contribution >= 4 is 17.3 Å². The Bertz CT molecular complexity index is 490. The third kappa shape index (κ3) is 3.54. The average Bonchev–Trinajstić information content (AvgIpc) is 3.34. The molecule has 1 saturated heterocycles. The quantitative estimate of drug-likeness (QED) is 0.822. The summed E-state index contributed by atoms with van der Waals surface area (Å²) < 4.78 is 0. The number of carbonyl (C=O) groups is 1. The highest BCUT2D eigenvalue weighted by Crippen LogP contribution is 2.27. The lowest BCUT2D eigenvalue weighted by molar-refractivity contribution is -0.121. The van der Waals surface area contributed by atoms with Crippen LogP contribution in [0.15, 0.2) is 24.3 Å². The van der Waals surface area contributed by atoms with Crippen LogP contribution in [0.3, 0.4) is 0 Å². The zero-order chi connectivity index (χ0) is 14.8. The predicted octanol–water partition coefficient (Wildman–Crippen LogP) is 1.38. The molecule has 5 heteroatoms. The number of amides is 1. The lowest BCUT2D eigenvalue weighted by atomic mass is 10.2. The van der Waals surface area contributed by atoms with E-state index < -0.39 is 0 Å². The van der Waals surface area contributed by atoms with Crippen molar-refractivity contribution in [1.29, 1.82) is 0 Å². The van der Waals surface area contributed by atoms with Crippen LogP contribution < -0.4 is 11.1 Å². The topological polar surface area (TPSA) is 61.6 Å². The number of rotatable bonds is 4. The van der Waals surface area contributed by atoms with E-state index in [1.165, 1.54) is 12.8 Å². The molecule has 3 N–H and O–H groups in total. The monoisotopic (exact) mass is 288 g/mol. The van der Waals surface area contributed by atoms with Crippen LogP contribution >= 0.6 is 0 Å². The molecule has 0 radical (unpaired) electrons. The molecule has 1 aliphatic heterocycles. The van der Waals surface area contributed by atoms with E-state index in [-0.39, 0.29) is 11.9 Å². The number of benzene rings is 1. The first-order valence-corrected chi connectivity index (χ1v) is 7.78. The van der Waals surface area contributed by atoms with Crippen molar-refractivity contribution in [2.75, 3.05) is 37.2 Å². The van der Waals surface area contributed by atoms with Gasteiger partial charge in [0.2, 0.25) is 5.91 Å². The SMILES string of the molecule is CC(C(=O)Nc1ccc(N)cc1)N1CCN(C2CC2)CC1. The number of nitrogens with one attached hydrogen (secondary N) is 1. The van der Waals surface area contributed by atoms with Gasteiger partial charge in [-0.25, -0.2) is 0 Å². The van der Waals surface area contributed by atoms with E-state index in [0.717, 1.165) is 37.9 Å². The van der Waals surface area contributed by atoms with Gasteiger partial charge in [0.1, 0.15) is 0 Å². The normalized spacial score (nSPS) is 22.0. The van der Waals surface area contributed by atoms with Gasteiger partial charge in [-0.05, 0) is 44.0 Å². The van der Waals surface area contributed by atoms with E-state index in [0.29, 0.717) is 5.69 Å². The summed E-state index contributed by atoms with van der Waals surface area (Å²) in [4.78, 5) is 17.2. The van der Waals surface area contributed by atoms with Gasteiger partial charge < -0.3 is 11.1 Å². The standard InChI is InChI=1S/C16H24N4O/c1-12(16(21)18-14-4-2-13(17)3-5-14)19-8-10-20(11-9-19)15-6-7-15/h2-5,12,15H,6-11,17H2,1H3,(H,18,21). The molecule has 2 aliphatic rings. The lowest BCUT2D eigenvalue weighted by Crippen LogP contribution is -2.53. The van der Waals surface area contributed by atoms with Crippen LogP contribution in [-0.4, -0.2) is 54.0 Å². The fourth-order valence-electron chi connectivity index (χ4n) is 2.91. The minimum Gasteiger partial charge on any atom is -0.399 e. The number of hydrogen-bond donors (Lipinski definition) is 2. The number of nitrogens with two attached hydrogens (primary N) is 1. The molecular formula is C16H24N4O. The summed E-state index contributed by atoms with van der Waals surface area (Å²) in [6.45, 7) is 6.12. The molecule has 0 bridgehead atoms. The number of anilines is 2. The lowest BCUT2D eigenvalue weighted by Gasteiger charge is -2.37. The van der Waals surface area contributed by atoms with Crippen molar-refractivity contribution in [3.8, 4) is 0 Å². The largest absolute Gasteiger partial charge is 0.399 e. The smallest absolute Gasteiger partial charge is 0.241 e. The molecule has 1 heterocycles. The molecule has 3 rings (SSSR count). The van der Waals surface area contributed by atoms with Crippen molar-refractivity contribution in [2.24, 2.45) is 0 Å². The highest BCUT2D eigenvalue weighted by molar-refractivity contribution is 5.94. The number of nitrogens with zero attached hydrogens (tertiary/aromatic N) is 2. The second-order valence-electron chi connectivity index (χ2n) is 6.09. The van der Waals surface area contributed by atoms with Gasteiger partial charge in [0, 0.05) is 43.6 Å². The first-order valence-electron chi connectivity index (χ1n) is 7.78. The van der Waals surface area contributed by atoms with Gasteiger partial charge >= 0.3 is 0 Å². The van der Waals surface area contributed by atoms with E-state index in [4.69, 9.17) is 5.73 Å². The van der Waals surface area contributed by atoms with E-state index in [1.54, 1.807) is 12.1 Å². The molecule has 0 spiro atoms. The minimum atomic E-state index is -0.0936. The minimum absolute atomic E-state index is 0.0552. The Morgan fingerprint density at radius 3 is 2.38 bits per heavy atom. The zero-order valence-electron chi connectivity index (χ0n) is 12.6. The molecule has 1 amide bonds. The number of piperazine rings is 1. The number of carbonyl (C=O) groups excluding carboxylic acids is 1. The summed E-state index contributed by atoms with van der Waals surface area (Å²) in [7, 11) is 0. The van der Waals surface area contributed by atoms with Gasteiger partial charge in [-0.15, -0.1) is 0 Å². The van der Waals surface area contributed by atoms with Gasteiger partial charge in [-0.1, -0.05) is 0 Å². The fourth-order valence-corrected chi connectivity index (χ4v) is 2.91. The Hall–Kier alpha value is -1.59. The van der Waals surface area contributed by atoms with Gasteiger partial charge in [-0.2, -0.15) is 0 Å². The van der Waals surface area contributed by atoms with Crippen LogP contribution in [-0.2, 0) is 4.79 Å². The molecule has 0 aromatic heterocycles.